The molecule has 4 nitrogen and oxygen atoms in total. The Kier molecular flexibility index (Phi) is 4.43. The first-order valence-corrected chi connectivity index (χ1v) is 5.04. The van der Waals surface area contributed by atoms with Gasteiger partial charge in [0.05, 0.1) is 6.54 Å². The van der Waals surface area contributed by atoms with Crippen LogP contribution in [0.15, 0.2) is 11.2 Å². The van der Waals surface area contributed by atoms with Crippen molar-refractivity contribution in [1.29, 1.82) is 0 Å². The molecular weight excluding hydrogens is 229 g/mol. The highest BCUT2D eigenvalue weighted by Gasteiger charge is 2.30. The summed E-state index contributed by atoms with van der Waals surface area (Å²) in [6.45, 7) is 1.46. The topological polar surface area (TPSA) is 66.7 Å². The molecule has 0 saturated carbocycles. The van der Waals surface area contributed by atoms with Crippen LogP contribution in [0.25, 0.3) is 0 Å². The zero-order chi connectivity index (χ0) is 11.3. The van der Waals surface area contributed by atoms with Crippen LogP contribution < -0.4 is 11.1 Å². The highest BCUT2D eigenvalue weighted by Crippen LogP contribution is 2.35. The smallest absolute Gasteiger partial charge is 0.346 e. The summed E-state index contributed by atoms with van der Waals surface area (Å²) in [5, 5.41) is 2.84. The fourth-order valence-corrected chi connectivity index (χ4v) is 1.42. The molecule has 1 aromatic heterocycles. The van der Waals surface area contributed by atoms with Gasteiger partial charge in [0, 0.05) is 31.0 Å². The van der Waals surface area contributed by atoms with E-state index in [-0.39, 0.29) is 16.8 Å². The van der Waals surface area contributed by atoms with E-state index in [1.54, 1.807) is 0 Å². The lowest BCUT2D eigenvalue weighted by molar-refractivity contribution is -0.0329. The Morgan fingerprint density at radius 2 is 2.27 bits per heavy atom. The summed E-state index contributed by atoms with van der Waals surface area (Å²) in [6.07, 6.45) is 1.23. The van der Waals surface area contributed by atoms with E-state index in [1.165, 1.54) is 6.20 Å². The highest BCUT2D eigenvalue weighted by atomic mass is 32.2. The van der Waals surface area contributed by atoms with Gasteiger partial charge in [-0.2, -0.15) is 13.2 Å². The zero-order valence-corrected chi connectivity index (χ0v) is 8.58. The van der Waals surface area contributed by atoms with Crippen molar-refractivity contribution in [3.63, 3.8) is 0 Å². The third kappa shape index (κ3) is 5.05. The van der Waals surface area contributed by atoms with Gasteiger partial charge in [0.1, 0.15) is 10.9 Å². The Morgan fingerprint density at radius 1 is 1.53 bits per heavy atom. The van der Waals surface area contributed by atoms with Crippen molar-refractivity contribution in [3.8, 4) is 0 Å². The molecule has 1 aromatic rings. The summed E-state index contributed by atoms with van der Waals surface area (Å²) in [6, 6.07) is 0. The molecule has 0 saturated heterocycles. The molecule has 0 atom stereocenters. The number of hydrogen-bond donors (Lipinski definition) is 3. The van der Waals surface area contributed by atoms with Gasteiger partial charge in [0.2, 0.25) is 0 Å². The number of imidazole rings is 1. The van der Waals surface area contributed by atoms with E-state index in [2.05, 4.69) is 15.3 Å². The Morgan fingerprint density at radius 3 is 2.87 bits per heavy atom. The number of rotatable bonds is 5. The van der Waals surface area contributed by atoms with Crippen LogP contribution in [0.4, 0.5) is 13.2 Å². The molecular formula is C7H11F3N4S. The van der Waals surface area contributed by atoms with Crippen LogP contribution in [0.2, 0.25) is 0 Å². The zero-order valence-electron chi connectivity index (χ0n) is 7.77. The number of aromatic nitrogens is 2. The maximum Gasteiger partial charge on any atom is 0.447 e. The van der Waals surface area contributed by atoms with Gasteiger partial charge in [0.15, 0.2) is 0 Å². The second-order valence-electron chi connectivity index (χ2n) is 2.70. The summed E-state index contributed by atoms with van der Waals surface area (Å²) in [5.74, 6) is 0.468. The third-order valence-electron chi connectivity index (χ3n) is 1.44. The number of nitrogens with one attached hydrogen (secondary N) is 2. The van der Waals surface area contributed by atoms with Crippen LogP contribution in [0.3, 0.4) is 0 Å². The maximum absolute atomic E-state index is 11.9. The molecule has 0 unspecified atom stereocenters. The average molecular weight is 240 g/mol. The molecule has 8 heteroatoms. The first kappa shape index (κ1) is 12.3. The van der Waals surface area contributed by atoms with E-state index in [0.717, 1.165) is 0 Å². The number of thioether (sulfide) groups is 1. The van der Waals surface area contributed by atoms with Crippen molar-refractivity contribution < 1.29 is 13.2 Å². The van der Waals surface area contributed by atoms with Crippen molar-refractivity contribution in [2.24, 2.45) is 5.73 Å². The van der Waals surface area contributed by atoms with Gasteiger partial charge in [-0.15, -0.1) is 0 Å². The molecule has 0 aromatic carbocycles. The van der Waals surface area contributed by atoms with Gasteiger partial charge >= 0.3 is 5.51 Å². The lowest BCUT2D eigenvalue weighted by Gasteiger charge is -2.01. The molecule has 15 heavy (non-hydrogen) atoms. The third-order valence-corrected chi connectivity index (χ3v) is 2.09. The van der Waals surface area contributed by atoms with Crippen molar-refractivity contribution in [3.05, 3.63) is 12.0 Å². The Hall–Kier alpha value is -0.730. The summed E-state index contributed by atoms with van der Waals surface area (Å²) < 4.78 is 35.8. The number of nitrogens with zero attached hydrogens (tertiary/aromatic N) is 1. The van der Waals surface area contributed by atoms with Gasteiger partial charge in [-0.25, -0.2) is 4.98 Å². The largest absolute Gasteiger partial charge is 0.447 e. The molecule has 0 amide bonds. The fourth-order valence-electron chi connectivity index (χ4n) is 0.913. The van der Waals surface area contributed by atoms with E-state index in [9.17, 15) is 13.2 Å². The number of hydrogen-bond acceptors (Lipinski definition) is 4. The Bertz CT molecular complexity index is 299. The molecule has 1 heterocycles. The summed E-state index contributed by atoms with van der Waals surface area (Å²) in [5.41, 5.74) is 0.941. The second kappa shape index (κ2) is 5.38. The summed E-state index contributed by atoms with van der Waals surface area (Å²) in [4.78, 5) is 6.40. The van der Waals surface area contributed by atoms with Crippen LogP contribution in [0.1, 0.15) is 5.82 Å². The minimum Gasteiger partial charge on any atom is -0.346 e. The first-order valence-electron chi connectivity index (χ1n) is 4.22. The molecule has 0 aliphatic rings. The molecule has 0 spiro atoms. The van der Waals surface area contributed by atoms with Gasteiger partial charge in [-0.05, 0) is 0 Å². The number of alkyl halides is 3. The quantitative estimate of drug-likeness (QED) is 0.532. The number of aromatic amines is 1. The standard InChI is InChI=1S/C7H11F3N4S/c8-7(9,10)15-6-4-13-5(14-6)3-12-2-1-11/h4,12H,1-3,11H2,(H,13,14). The number of halogens is 3. The highest BCUT2D eigenvalue weighted by molar-refractivity contribution is 8.00. The first-order chi connectivity index (χ1) is 7.01. The Balaban J connectivity index is 2.42. The second-order valence-corrected chi connectivity index (χ2v) is 3.78. The van der Waals surface area contributed by atoms with Crippen LogP contribution in [-0.2, 0) is 6.54 Å². The molecule has 0 fully saturated rings. The normalized spacial score (nSPS) is 12.0. The minimum atomic E-state index is -4.29. The molecule has 1 rings (SSSR count). The molecule has 0 aliphatic carbocycles. The van der Waals surface area contributed by atoms with Crippen molar-refractivity contribution in [1.82, 2.24) is 15.3 Å². The van der Waals surface area contributed by atoms with Crippen molar-refractivity contribution in [2.45, 2.75) is 17.1 Å². The Labute approximate surface area is 88.8 Å². The van der Waals surface area contributed by atoms with E-state index >= 15 is 0 Å². The SMILES string of the molecule is NCCNCc1nc(SC(F)(F)F)c[nH]1. The van der Waals surface area contributed by atoms with Crippen molar-refractivity contribution in [2.75, 3.05) is 13.1 Å². The van der Waals surface area contributed by atoms with Crippen molar-refractivity contribution >= 4 is 11.8 Å². The van der Waals surface area contributed by atoms with Gasteiger partial charge in [0.25, 0.3) is 0 Å². The van der Waals surface area contributed by atoms with Crippen LogP contribution in [-0.4, -0.2) is 28.6 Å². The van der Waals surface area contributed by atoms with Crippen LogP contribution in [0, 0.1) is 0 Å². The van der Waals surface area contributed by atoms with Gasteiger partial charge in [-0.3, -0.25) is 0 Å². The van der Waals surface area contributed by atoms with E-state index < -0.39 is 5.51 Å². The lowest BCUT2D eigenvalue weighted by Crippen LogP contribution is -2.22. The molecule has 0 bridgehead atoms. The molecule has 4 N–H and O–H groups in total. The number of H-pyrrole nitrogens is 1. The molecule has 0 aliphatic heterocycles. The predicted octanol–water partition coefficient (Wildman–Crippen LogP) is 1.07. The average Bonchev–Trinajstić information content (AvgIpc) is 2.50. The summed E-state index contributed by atoms with van der Waals surface area (Å²) in [7, 11) is 0. The van der Waals surface area contributed by atoms with Crippen LogP contribution in [0.5, 0.6) is 0 Å². The fraction of sp³-hybridized carbons (Fsp3) is 0.571. The summed E-state index contributed by atoms with van der Waals surface area (Å²) >= 11 is -0.234. The van der Waals surface area contributed by atoms with Gasteiger partial charge in [-0.1, -0.05) is 0 Å². The van der Waals surface area contributed by atoms with E-state index in [4.69, 9.17) is 5.73 Å². The number of nitrogens with two attached hydrogens (primary N) is 1. The van der Waals surface area contributed by atoms with Crippen LogP contribution >= 0.6 is 11.8 Å². The lowest BCUT2D eigenvalue weighted by atomic mass is 10.5. The van der Waals surface area contributed by atoms with E-state index in [0.29, 0.717) is 25.5 Å². The van der Waals surface area contributed by atoms with E-state index in [1.807, 2.05) is 0 Å². The maximum atomic E-state index is 11.9. The monoisotopic (exact) mass is 240 g/mol. The molecule has 86 valence electrons. The van der Waals surface area contributed by atoms with Gasteiger partial charge < -0.3 is 16.0 Å². The minimum absolute atomic E-state index is 0.0768. The predicted molar refractivity (Wildman–Crippen MR) is 51.3 cm³/mol. The molecule has 0 radical (unpaired) electrons.